The number of hydrogen-bond donors (Lipinski definition) is 0. The van der Waals surface area contributed by atoms with Gasteiger partial charge in [0, 0.05) is 17.3 Å². The second kappa shape index (κ2) is 4.45. The third kappa shape index (κ3) is 2.38. The number of ketones is 1. The van der Waals surface area contributed by atoms with E-state index in [0.29, 0.717) is 5.56 Å². The molecule has 0 N–H and O–H groups in total. The van der Waals surface area contributed by atoms with Gasteiger partial charge in [0.1, 0.15) is 5.82 Å². The lowest BCUT2D eigenvalue weighted by atomic mass is 10.0. The molecule has 0 saturated carbocycles. The summed E-state index contributed by atoms with van der Waals surface area (Å²) in [6.45, 7) is 3.92. The monoisotopic (exact) mass is 229 g/mol. The number of nitrogens with zero attached hydrogens (tertiary/aromatic N) is 1. The van der Waals surface area contributed by atoms with Crippen molar-refractivity contribution >= 4 is 5.78 Å². The van der Waals surface area contributed by atoms with Crippen LogP contribution in [-0.4, -0.2) is 10.8 Å². The molecule has 0 atom stereocenters. The molecule has 2 rings (SSSR count). The molecule has 0 unspecified atom stereocenters. The number of pyridine rings is 1. The van der Waals surface area contributed by atoms with Gasteiger partial charge in [-0.2, -0.15) is 0 Å². The van der Waals surface area contributed by atoms with Gasteiger partial charge in [-0.15, -0.1) is 0 Å². The lowest BCUT2D eigenvalue weighted by Crippen LogP contribution is -2.03. The first kappa shape index (κ1) is 11.5. The van der Waals surface area contributed by atoms with Gasteiger partial charge in [-0.3, -0.25) is 9.78 Å². The number of carbonyl (C=O) groups excluding carboxylic acids is 1. The maximum absolute atomic E-state index is 13.0. The summed E-state index contributed by atoms with van der Waals surface area (Å²) < 4.78 is 13.0. The van der Waals surface area contributed by atoms with E-state index in [1.165, 1.54) is 12.3 Å². The zero-order valence-electron chi connectivity index (χ0n) is 9.70. The molecule has 0 amide bonds. The Balaban J connectivity index is 2.40. The Bertz CT molecular complexity index is 578. The lowest BCUT2D eigenvalue weighted by molar-refractivity contribution is 0.103. The van der Waals surface area contributed by atoms with Crippen molar-refractivity contribution in [1.82, 2.24) is 4.98 Å². The summed E-state index contributed by atoms with van der Waals surface area (Å²) >= 11 is 0. The Labute approximate surface area is 99.1 Å². The highest BCUT2D eigenvalue weighted by molar-refractivity contribution is 6.08. The van der Waals surface area contributed by atoms with Crippen molar-refractivity contribution in [2.24, 2.45) is 0 Å². The summed E-state index contributed by atoms with van der Waals surface area (Å²) in [5.74, 6) is -0.709. The number of rotatable bonds is 2. The summed E-state index contributed by atoms with van der Waals surface area (Å²) in [4.78, 5) is 15.7. The van der Waals surface area contributed by atoms with E-state index < -0.39 is 5.82 Å². The lowest BCUT2D eigenvalue weighted by Gasteiger charge is -2.04. The fourth-order valence-electron chi connectivity index (χ4n) is 1.59. The Kier molecular flexibility index (Phi) is 3.00. The molecule has 2 nitrogen and oxygen atoms in total. The molecule has 3 heteroatoms. The average molecular weight is 229 g/mol. The molecule has 0 aliphatic rings. The van der Waals surface area contributed by atoms with Gasteiger partial charge in [0.05, 0.1) is 6.20 Å². The smallest absolute Gasteiger partial charge is 0.194 e. The molecular formula is C14H12FNO. The van der Waals surface area contributed by atoms with E-state index in [2.05, 4.69) is 4.98 Å². The van der Waals surface area contributed by atoms with E-state index in [9.17, 15) is 9.18 Å². The largest absolute Gasteiger partial charge is 0.289 e. The van der Waals surface area contributed by atoms with Crippen LogP contribution in [0.15, 0.2) is 36.7 Å². The molecule has 2 aromatic rings. The normalized spacial score (nSPS) is 10.3. The Hall–Kier alpha value is -2.03. The first-order chi connectivity index (χ1) is 8.08. The molecule has 1 heterocycles. The van der Waals surface area contributed by atoms with Crippen molar-refractivity contribution in [2.75, 3.05) is 0 Å². The minimum Gasteiger partial charge on any atom is -0.289 e. The molecule has 1 aromatic carbocycles. The van der Waals surface area contributed by atoms with Gasteiger partial charge in [-0.1, -0.05) is 12.1 Å². The summed E-state index contributed by atoms with van der Waals surface area (Å²) in [5.41, 5.74) is 2.99. The van der Waals surface area contributed by atoms with Crippen LogP contribution in [0.3, 0.4) is 0 Å². The highest BCUT2D eigenvalue weighted by atomic mass is 19.1. The summed E-state index contributed by atoms with van der Waals surface area (Å²) in [7, 11) is 0. The Morgan fingerprint density at radius 3 is 2.47 bits per heavy atom. The quantitative estimate of drug-likeness (QED) is 0.741. The van der Waals surface area contributed by atoms with Gasteiger partial charge >= 0.3 is 0 Å². The molecule has 0 aliphatic carbocycles. The van der Waals surface area contributed by atoms with Crippen molar-refractivity contribution in [3.05, 3.63) is 64.7 Å². The maximum Gasteiger partial charge on any atom is 0.194 e. The van der Waals surface area contributed by atoms with Gasteiger partial charge < -0.3 is 0 Å². The molecule has 86 valence electrons. The predicted octanol–water partition coefficient (Wildman–Crippen LogP) is 3.07. The Morgan fingerprint density at radius 2 is 1.82 bits per heavy atom. The van der Waals surface area contributed by atoms with E-state index in [1.54, 1.807) is 6.07 Å². The second-order valence-electron chi connectivity index (χ2n) is 4.02. The first-order valence-corrected chi connectivity index (χ1v) is 5.30. The van der Waals surface area contributed by atoms with E-state index in [-0.39, 0.29) is 11.3 Å². The molecule has 0 aliphatic heterocycles. The van der Waals surface area contributed by atoms with E-state index in [1.807, 2.05) is 26.0 Å². The van der Waals surface area contributed by atoms with Crippen LogP contribution in [0.25, 0.3) is 0 Å². The second-order valence-corrected chi connectivity index (χ2v) is 4.02. The fraction of sp³-hybridized carbons (Fsp3) is 0.143. The average Bonchev–Trinajstić information content (AvgIpc) is 2.32. The van der Waals surface area contributed by atoms with Crippen LogP contribution in [0.1, 0.15) is 27.0 Å². The van der Waals surface area contributed by atoms with Crippen molar-refractivity contribution in [3.8, 4) is 0 Å². The van der Waals surface area contributed by atoms with Crippen LogP contribution in [0, 0.1) is 19.7 Å². The number of aromatic nitrogens is 1. The van der Waals surface area contributed by atoms with Crippen LogP contribution < -0.4 is 0 Å². The standard InChI is InChI=1S/C14H12FNO/c1-9-3-4-11(5-10(9)2)14(17)12-6-13(15)8-16-7-12/h3-8H,1-2H3. The Morgan fingerprint density at radius 1 is 1.06 bits per heavy atom. The molecule has 0 fully saturated rings. The van der Waals surface area contributed by atoms with Gasteiger partial charge in [0.2, 0.25) is 0 Å². The third-order valence-electron chi connectivity index (χ3n) is 2.74. The van der Waals surface area contributed by atoms with Gasteiger partial charge in [0.15, 0.2) is 5.78 Å². The summed E-state index contributed by atoms with van der Waals surface area (Å²) in [6.07, 6.45) is 2.46. The van der Waals surface area contributed by atoms with Crippen LogP contribution in [-0.2, 0) is 0 Å². The fourth-order valence-corrected chi connectivity index (χ4v) is 1.59. The van der Waals surface area contributed by atoms with Crippen LogP contribution in [0.4, 0.5) is 4.39 Å². The van der Waals surface area contributed by atoms with Gasteiger partial charge in [-0.25, -0.2) is 4.39 Å². The maximum atomic E-state index is 13.0. The molecule has 1 aromatic heterocycles. The minimum atomic E-state index is -0.500. The molecule has 0 saturated heterocycles. The topological polar surface area (TPSA) is 30.0 Å². The molecule has 0 spiro atoms. The summed E-state index contributed by atoms with van der Waals surface area (Å²) in [6, 6.07) is 6.64. The van der Waals surface area contributed by atoms with Crippen molar-refractivity contribution in [1.29, 1.82) is 0 Å². The molecular weight excluding hydrogens is 217 g/mol. The van der Waals surface area contributed by atoms with Crippen LogP contribution in [0.5, 0.6) is 0 Å². The van der Waals surface area contributed by atoms with Gasteiger partial charge in [0.25, 0.3) is 0 Å². The number of hydrogen-bond acceptors (Lipinski definition) is 2. The SMILES string of the molecule is Cc1ccc(C(=O)c2cncc(F)c2)cc1C. The third-order valence-corrected chi connectivity index (χ3v) is 2.74. The minimum absolute atomic E-state index is 0.208. The van der Waals surface area contributed by atoms with E-state index in [4.69, 9.17) is 0 Å². The van der Waals surface area contributed by atoms with Crippen LogP contribution >= 0.6 is 0 Å². The van der Waals surface area contributed by atoms with Crippen molar-refractivity contribution < 1.29 is 9.18 Å². The molecule has 0 radical (unpaired) electrons. The zero-order chi connectivity index (χ0) is 12.4. The molecule has 0 bridgehead atoms. The number of carbonyl (C=O) groups is 1. The predicted molar refractivity (Wildman–Crippen MR) is 63.5 cm³/mol. The first-order valence-electron chi connectivity index (χ1n) is 5.30. The zero-order valence-corrected chi connectivity index (χ0v) is 9.70. The van der Waals surface area contributed by atoms with Crippen molar-refractivity contribution in [3.63, 3.8) is 0 Å². The van der Waals surface area contributed by atoms with Crippen molar-refractivity contribution in [2.45, 2.75) is 13.8 Å². The number of benzene rings is 1. The number of aryl methyl sites for hydroxylation is 2. The molecule has 17 heavy (non-hydrogen) atoms. The highest BCUT2D eigenvalue weighted by Gasteiger charge is 2.10. The van der Waals surface area contributed by atoms with Crippen LogP contribution in [0.2, 0.25) is 0 Å². The number of halogens is 1. The van der Waals surface area contributed by atoms with Gasteiger partial charge in [-0.05, 0) is 37.1 Å². The highest BCUT2D eigenvalue weighted by Crippen LogP contribution is 2.14. The van der Waals surface area contributed by atoms with E-state index in [0.717, 1.165) is 17.3 Å². The van der Waals surface area contributed by atoms with E-state index >= 15 is 0 Å². The summed E-state index contributed by atoms with van der Waals surface area (Å²) in [5, 5.41) is 0.